The highest BCUT2D eigenvalue weighted by Gasteiger charge is 2.35. The standard InChI is InChI=1S/C14H26N2O5S/c1-2-21-14(17)5-7-15-6-3-4-13(12-15)22(18,19)16-8-10-20-11-9-16/h13H,2-12H2,1H3. The summed E-state index contributed by atoms with van der Waals surface area (Å²) in [6.07, 6.45) is 1.85. The van der Waals surface area contributed by atoms with Crippen LogP contribution in [0.25, 0.3) is 0 Å². The van der Waals surface area contributed by atoms with Crippen molar-refractivity contribution in [2.75, 3.05) is 52.5 Å². The Labute approximate surface area is 132 Å². The molecule has 0 aromatic heterocycles. The number of piperidine rings is 1. The molecule has 1 unspecified atom stereocenters. The summed E-state index contributed by atoms with van der Waals surface area (Å²) in [5.41, 5.74) is 0. The fraction of sp³-hybridized carbons (Fsp3) is 0.929. The highest BCUT2D eigenvalue weighted by atomic mass is 32.2. The summed E-state index contributed by atoms with van der Waals surface area (Å²) in [7, 11) is -3.27. The topological polar surface area (TPSA) is 76.2 Å². The van der Waals surface area contributed by atoms with Crippen molar-refractivity contribution in [1.29, 1.82) is 0 Å². The molecule has 7 nitrogen and oxygen atoms in total. The van der Waals surface area contributed by atoms with Crippen LogP contribution in [0.4, 0.5) is 0 Å². The molecule has 0 aromatic carbocycles. The van der Waals surface area contributed by atoms with Gasteiger partial charge in [0.05, 0.1) is 31.5 Å². The van der Waals surface area contributed by atoms with E-state index in [0.717, 1.165) is 13.0 Å². The first-order chi connectivity index (χ1) is 10.5. The van der Waals surface area contributed by atoms with Crippen molar-refractivity contribution in [3.63, 3.8) is 0 Å². The zero-order chi connectivity index (χ0) is 16.0. The van der Waals surface area contributed by atoms with E-state index in [1.165, 1.54) is 0 Å². The minimum Gasteiger partial charge on any atom is -0.466 e. The summed E-state index contributed by atoms with van der Waals surface area (Å²) in [6.45, 7) is 5.90. The summed E-state index contributed by atoms with van der Waals surface area (Å²) in [5.74, 6) is -0.222. The van der Waals surface area contributed by atoms with Crippen molar-refractivity contribution < 1.29 is 22.7 Å². The van der Waals surface area contributed by atoms with Crippen LogP contribution in [0.3, 0.4) is 0 Å². The van der Waals surface area contributed by atoms with Gasteiger partial charge in [0, 0.05) is 26.2 Å². The summed E-state index contributed by atoms with van der Waals surface area (Å²) >= 11 is 0. The molecule has 2 rings (SSSR count). The minimum atomic E-state index is -3.27. The van der Waals surface area contributed by atoms with E-state index in [0.29, 0.717) is 58.8 Å². The highest BCUT2D eigenvalue weighted by molar-refractivity contribution is 7.89. The third kappa shape index (κ3) is 4.65. The lowest BCUT2D eigenvalue weighted by atomic mass is 10.1. The molecule has 2 aliphatic rings. The molecule has 0 amide bonds. The van der Waals surface area contributed by atoms with Gasteiger partial charge >= 0.3 is 5.97 Å². The molecule has 0 radical (unpaired) electrons. The lowest BCUT2D eigenvalue weighted by Gasteiger charge is -2.36. The molecule has 0 spiro atoms. The molecule has 2 fully saturated rings. The number of likely N-dealkylation sites (tertiary alicyclic amines) is 1. The molecule has 0 N–H and O–H groups in total. The van der Waals surface area contributed by atoms with Crippen molar-refractivity contribution >= 4 is 16.0 Å². The van der Waals surface area contributed by atoms with Crippen LogP contribution in [0.15, 0.2) is 0 Å². The van der Waals surface area contributed by atoms with Crippen LogP contribution in [0.2, 0.25) is 0 Å². The number of hydrogen-bond acceptors (Lipinski definition) is 6. The second-order valence-corrected chi connectivity index (χ2v) is 7.89. The SMILES string of the molecule is CCOC(=O)CCN1CCCC(S(=O)(=O)N2CCOCC2)C1. The van der Waals surface area contributed by atoms with E-state index in [9.17, 15) is 13.2 Å². The minimum absolute atomic E-state index is 0.222. The van der Waals surface area contributed by atoms with Crippen LogP contribution < -0.4 is 0 Å². The lowest BCUT2D eigenvalue weighted by molar-refractivity contribution is -0.143. The molecular formula is C14H26N2O5S. The molecule has 2 heterocycles. The molecule has 0 aromatic rings. The maximum absolute atomic E-state index is 12.7. The van der Waals surface area contributed by atoms with Gasteiger partial charge in [0.25, 0.3) is 0 Å². The normalized spacial score (nSPS) is 25.0. The van der Waals surface area contributed by atoms with Crippen LogP contribution in [0.1, 0.15) is 26.2 Å². The van der Waals surface area contributed by atoms with Crippen LogP contribution in [-0.2, 0) is 24.3 Å². The number of nitrogens with zero attached hydrogens (tertiary/aromatic N) is 2. The fourth-order valence-electron chi connectivity index (χ4n) is 2.95. The van der Waals surface area contributed by atoms with E-state index < -0.39 is 10.0 Å². The fourth-order valence-corrected chi connectivity index (χ4v) is 4.90. The molecule has 8 heteroatoms. The van der Waals surface area contributed by atoms with E-state index in [2.05, 4.69) is 4.90 Å². The first kappa shape index (κ1) is 17.7. The second kappa shape index (κ2) is 8.24. The van der Waals surface area contributed by atoms with Gasteiger partial charge < -0.3 is 14.4 Å². The van der Waals surface area contributed by atoms with Crippen molar-refractivity contribution in [2.45, 2.75) is 31.4 Å². The van der Waals surface area contributed by atoms with E-state index in [-0.39, 0.29) is 11.2 Å². The number of ether oxygens (including phenoxy) is 2. The monoisotopic (exact) mass is 334 g/mol. The number of rotatable bonds is 6. The van der Waals surface area contributed by atoms with Crippen molar-refractivity contribution in [1.82, 2.24) is 9.21 Å². The number of carbonyl (C=O) groups is 1. The Morgan fingerprint density at radius 3 is 2.68 bits per heavy atom. The third-order valence-corrected chi connectivity index (χ3v) is 6.46. The van der Waals surface area contributed by atoms with E-state index in [4.69, 9.17) is 9.47 Å². The number of hydrogen-bond donors (Lipinski definition) is 0. The average Bonchev–Trinajstić information content (AvgIpc) is 2.54. The predicted molar refractivity (Wildman–Crippen MR) is 82.0 cm³/mol. The van der Waals surface area contributed by atoms with Crippen molar-refractivity contribution in [3.05, 3.63) is 0 Å². The Hall–Kier alpha value is -0.700. The van der Waals surface area contributed by atoms with Gasteiger partial charge in [0.15, 0.2) is 0 Å². The Morgan fingerprint density at radius 1 is 1.27 bits per heavy atom. The Kier molecular flexibility index (Phi) is 6.61. The molecule has 128 valence electrons. The summed E-state index contributed by atoms with van der Waals surface area (Å²) < 4.78 is 37.0. The molecule has 2 aliphatic heterocycles. The van der Waals surface area contributed by atoms with Gasteiger partial charge in [-0.25, -0.2) is 8.42 Å². The molecule has 0 aliphatic carbocycles. The summed E-state index contributed by atoms with van der Waals surface area (Å²) in [6, 6.07) is 0. The third-order valence-electron chi connectivity index (χ3n) is 4.15. The van der Waals surface area contributed by atoms with Crippen LogP contribution in [-0.4, -0.2) is 81.4 Å². The van der Waals surface area contributed by atoms with E-state index in [1.54, 1.807) is 11.2 Å². The summed E-state index contributed by atoms with van der Waals surface area (Å²) in [4.78, 5) is 13.5. The number of carbonyl (C=O) groups excluding carboxylic acids is 1. The van der Waals surface area contributed by atoms with E-state index in [1.807, 2.05) is 0 Å². The zero-order valence-electron chi connectivity index (χ0n) is 13.2. The van der Waals surface area contributed by atoms with Crippen LogP contribution in [0, 0.1) is 0 Å². The number of morpholine rings is 1. The summed E-state index contributed by atoms with van der Waals surface area (Å²) in [5, 5.41) is -0.374. The first-order valence-corrected chi connectivity index (χ1v) is 9.49. The van der Waals surface area contributed by atoms with Gasteiger partial charge in [0.1, 0.15) is 0 Å². The number of esters is 1. The van der Waals surface area contributed by atoms with Gasteiger partial charge in [-0.1, -0.05) is 0 Å². The Bertz CT molecular complexity index is 462. The van der Waals surface area contributed by atoms with Gasteiger partial charge in [-0.3, -0.25) is 4.79 Å². The van der Waals surface area contributed by atoms with E-state index >= 15 is 0 Å². The van der Waals surface area contributed by atoms with Crippen molar-refractivity contribution in [2.24, 2.45) is 0 Å². The number of sulfonamides is 1. The Morgan fingerprint density at radius 2 is 2.00 bits per heavy atom. The van der Waals surface area contributed by atoms with Crippen LogP contribution in [0.5, 0.6) is 0 Å². The predicted octanol–water partition coefficient (Wildman–Crippen LogP) is 0.0660. The van der Waals surface area contributed by atoms with Gasteiger partial charge in [-0.05, 0) is 26.3 Å². The van der Waals surface area contributed by atoms with Crippen LogP contribution >= 0.6 is 0 Å². The second-order valence-electron chi connectivity index (χ2n) is 5.68. The molecule has 0 bridgehead atoms. The maximum atomic E-state index is 12.7. The molecule has 0 saturated carbocycles. The highest BCUT2D eigenvalue weighted by Crippen LogP contribution is 2.21. The Balaban J connectivity index is 1.87. The quantitative estimate of drug-likeness (QED) is 0.640. The first-order valence-electron chi connectivity index (χ1n) is 7.98. The molecule has 22 heavy (non-hydrogen) atoms. The lowest BCUT2D eigenvalue weighted by Crippen LogP contribution is -2.51. The molecule has 2 saturated heterocycles. The largest absolute Gasteiger partial charge is 0.466 e. The molecular weight excluding hydrogens is 308 g/mol. The smallest absolute Gasteiger partial charge is 0.307 e. The van der Waals surface area contributed by atoms with Gasteiger partial charge in [0.2, 0.25) is 10.0 Å². The molecule has 1 atom stereocenters. The maximum Gasteiger partial charge on any atom is 0.307 e. The average molecular weight is 334 g/mol. The van der Waals surface area contributed by atoms with Crippen molar-refractivity contribution in [3.8, 4) is 0 Å². The van der Waals surface area contributed by atoms with Gasteiger partial charge in [-0.2, -0.15) is 4.31 Å². The zero-order valence-corrected chi connectivity index (χ0v) is 14.0. The van der Waals surface area contributed by atoms with Gasteiger partial charge in [-0.15, -0.1) is 0 Å².